The van der Waals surface area contributed by atoms with Crippen LogP contribution in [0.15, 0.2) is 76.4 Å². The number of hydrogen-bond donors (Lipinski definition) is 1. The van der Waals surface area contributed by atoms with Crippen molar-refractivity contribution in [3.05, 3.63) is 106 Å². The lowest BCUT2D eigenvalue weighted by Gasteiger charge is -2.32. The summed E-state index contributed by atoms with van der Waals surface area (Å²) in [7, 11) is 0. The van der Waals surface area contributed by atoms with Gasteiger partial charge in [0, 0.05) is 30.0 Å². The van der Waals surface area contributed by atoms with Gasteiger partial charge in [-0.15, -0.1) is 5.10 Å². The number of furan rings is 1. The summed E-state index contributed by atoms with van der Waals surface area (Å²) in [6.45, 7) is 3.05. The van der Waals surface area contributed by atoms with Crippen molar-refractivity contribution in [3.8, 4) is 0 Å². The fraction of sp³-hybridized carbons (Fsp3) is 0.345. The molecule has 0 radical (unpaired) electrons. The Morgan fingerprint density at radius 3 is 2.79 bits per heavy atom. The molecule has 0 bridgehead atoms. The van der Waals surface area contributed by atoms with E-state index in [9.17, 15) is 4.79 Å². The van der Waals surface area contributed by atoms with Crippen LogP contribution < -0.4 is 5.56 Å². The van der Waals surface area contributed by atoms with Crippen molar-refractivity contribution in [1.82, 2.24) is 35.1 Å². The molecule has 4 aromatic heterocycles. The topological polar surface area (TPSA) is 106 Å². The number of fused-ring (bicyclic) bond motifs is 1. The molecule has 194 valence electrons. The Hall–Kier alpha value is -4.11. The van der Waals surface area contributed by atoms with Crippen LogP contribution in [0, 0.1) is 6.92 Å². The quantitative estimate of drug-likeness (QED) is 0.310. The molecular formula is C29H31N7O2. The summed E-state index contributed by atoms with van der Waals surface area (Å²) in [6, 6.07) is 15.5. The van der Waals surface area contributed by atoms with Crippen LogP contribution in [-0.2, 0) is 13.1 Å². The van der Waals surface area contributed by atoms with Crippen molar-refractivity contribution in [2.45, 2.75) is 64.2 Å². The normalized spacial score (nSPS) is 15.3. The minimum absolute atomic E-state index is 0.153. The van der Waals surface area contributed by atoms with E-state index < -0.39 is 6.04 Å². The maximum absolute atomic E-state index is 13.7. The molecule has 0 aliphatic heterocycles. The summed E-state index contributed by atoms with van der Waals surface area (Å²) in [4.78, 5) is 23.3. The van der Waals surface area contributed by atoms with Gasteiger partial charge in [-0.3, -0.25) is 14.7 Å². The Labute approximate surface area is 220 Å². The van der Waals surface area contributed by atoms with Gasteiger partial charge in [-0.1, -0.05) is 37.0 Å². The van der Waals surface area contributed by atoms with E-state index >= 15 is 0 Å². The number of hydrogen-bond acceptors (Lipinski definition) is 7. The molecule has 1 unspecified atom stereocenters. The van der Waals surface area contributed by atoms with Crippen molar-refractivity contribution >= 4 is 10.9 Å². The summed E-state index contributed by atoms with van der Waals surface area (Å²) in [6.07, 6.45) is 10.9. The number of tetrazole rings is 1. The van der Waals surface area contributed by atoms with Gasteiger partial charge in [-0.05, 0) is 77.5 Å². The van der Waals surface area contributed by atoms with Gasteiger partial charge in [0.25, 0.3) is 5.56 Å². The molecule has 5 aromatic rings. The number of nitrogens with one attached hydrogen (secondary N) is 1. The van der Waals surface area contributed by atoms with Crippen LogP contribution in [0.25, 0.3) is 10.9 Å². The third kappa shape index (κ3) is 5.02. The lowest BCUT2D eigenvalue weighted by Crippen LogP contribution is -2.35. The molecule has 0 amide bonds. The van der Waals surface area contributed by atoms with E-state index in [1.54, 1.807) is 12.5 Å². The van der Waals surface area contributed by atoms with Crippen molar-refractivity contribution in [2.75, 3.05) is 0 Å². The van der Waals surface area contributed by atoms with Crippen LogP contribution in [-0.4, -0.2) is 35.1 Å². The molecule has 1 aromatic carbocycles. The Kier molecular flexibility index (Phi) is 6.83. The fourth-order valence-corrected chi connectivity index (χ4v) is 5.58. The SMILES string of the molecule is Cc1ccc2[nH]c(=O)c(C(c3nnnn3C3CCCCC3)N(Cc3cccnc3)Cc3ccco3)cc2c1. The summed E-state index contributed by atoms with van der Waals surface area (Å²) >= 11 is 0. The lowest BCUT2D eigenvalue weighted by molar-refractivity contribution is 0.173. The molecule has 6 rings (SSSR count). The standard InChI is InChI=1S/C29H31N7O2/c1-20-11-12-26-22(15-20)16-25(29(37)31-26)27(28-32-33-34-36(28)23-8-3-2-4-9-23)35(19-24-10-6-14-38-24)18-21-7-5-13-30-17-21/h5-7,10-17,23,27H,2-4,8-9,18-19H2,1H3,(H,31,37). The van der Waals surface area contributed by atoms with Crippen LogP contribution in [0.3, 0.4) is 0 Å². The van der Waals surface area contributed by atoms with Crippen molar-refractivity contribution in [2.24, 2.45) is 0 Å². The minimum Gasteiger partial charge on any atom is -0.468 e. The van der Waals surface area contributed by atoms with E-state index in [0.29, 0.717) is 24.5 Å². The van der Waals surface area contributed by atoms with E-state index in [0.717, 1.165) is 53.5 Å². The van der Waals surface area contributed by atoms with E-state index in [2.05, 4.69) is 43.4 Å². The van der Waals surface area contributed by atoms with Crippen molar-refractivity contribution in [1.29, 1.82) is 0 Å². The summed E-state index contributed by atoms with van der Waals surface area (Å²) in [5.74, 6) is 1.47. The van der Waals surface area contributed by atoms with E-state index in [1.165, 1.54) is 6.42 Å². The Morgan fingerprint density at radius 2 is 2.00 bits per heavy atom. The van der Waals surface area contributed by atoms with Gasteiger partial charge in [0.1, 0.15) is 11.8 Å². The number of nitrogens with zero attached hydrogens (tertiary/aromatic N) is 6. The summed E-state index contributed by atoms with van der Waals surface area (Å²) in [5, 5.41) is 14.1. The smallest absolute Gasteiger partial charge is 0.253 e. The third-order valence-electron chi connectivity index (χ3n) is 7.42. The van der Waals surface area contributed by atoms with Crippen LogP contribution >= 0.6 is 0 Å². The Balaban J connectivity index is 1.53. The van der Waals surface area contributed by atoms with Gasteiger partial charge in [-0.25, -0.2) is 4.68 Å². The fourth-order valence-electron chi connectivity index (χ4n) is 5.58. The van der Waals surface area contributed by atoms with E-state index in [4.69, 9.17) is 4.42 Å². The maximum atomic E-state index is 13.7. The molecule has 38 heavy (non-hydrogen) atoms. The van der Waals surface area contributed by atoms with Crippen molar-refractivity contribution < 1.29 is 4.42 Å². The zero-order valence-corrected chi connectivity index (χ0v) is 21.5. The average molecular weight is 510 g/mol. The molecule has 1 atom stereocenters. The van der Waals surface area contributed by atoms with Crippen LogP contribution in [0.4, 0.5) is 0 Å². The number of benzene rings is 1. The molecule has 4 heterocycles. The van der Waals surface area contributed by atoms with Crippen LogP contribution in [0.5, 0.6) is 0 Å². The highest BCUT2D eigenvalue weighted by atomic mass is 16.3. The first-order valence-electron chi connectivity index (χ1n) is 13.2. The Bertz CT molecular complexity index is 1550. The van der Waals surface area contributed by atoms with Gasteiger partial charge >= 0.3 is 0 Å². The second-order valence-corrected chi connectivity index (χ2v) is 10.2. The number of aryl methyl sites for hydroxylation is 1. The van der Waals surface area contributed by atoms with Gasteiger partial charge < -0.3 is 9.40 Å². The van der Waals surface area contributed by atoms with Crippen LogP contribution in [0.2, 0.25) is 0 Å². The lowest BCUT2D eigenvalue weighted by atomic mass is 9.95. The second kappa shape index (κ2) is 10.7. The van der Waals surface area contributed by atoms with E-state index in [1.807, 2.05) is 53.3 Å². The number of aromatic nitrogens is 6. The molecular weight excluding hydrogens is 478 g/mol. The number of H-pyrrole nitrogens is 1. The zero-order chi connectivity index (χ0) is 25.9. The average Bonchev–Trinajstić information content (AvgIpc) is 3.63. The molecule has 1 N–H and O–H groups in total. The van der Waals surface area contributed by atoms with Gasteiger partial charge in [0.05, 0.1) is 18.8 Å². The summed E-state index contributed by atoms with van der Waals surface area (Å²) in [5.41, 5.74) is 3.40. The first-order valence-corrected chi connectivity index (χ1v) is 13.2. The number of aromatic amines is 1. The van der Waals surface area contributed by atoms with Gasteiger partial charge in [0.15, 0.2) is 5.82 Å². The second-order valence-electron chi connectivity index (χ2n) is 10.2. The number of rotatable bonds is 8. The molecule has 9 heteroatoms. The zero-order valence-electron chi connectivity index (χ0n) is 21.5. The molecule has 1 aliphatic rings. The summed E-state index contributed by atoms with van der Waals surface area (Å²) < 4.78 is 7.73. The molecule has 0 spiro atoms. The third-order valence-corrected chi connectivity index (χ3v) is 7.42. The van der Waals surface area contributed by atoms with Gasteiger partial charge in [-0.2, -0.15) is 0 Å². The maximum Gasteiger partial charge on any atom is 0.253 e. The monoisotopic (exact) mass is 509 g/mol. The largest absolute Gasteiger partial charge is 0.468 e. The minimum atomic E-state index is -0.508. The first-order chi connectivity index (χ1) is 18.7. The van der Waals surface area contributed by atoms with Crippen molar-refractivity contribution in [3.63, 3.8) is 0 Å². The predicted octanol–water partition coefficient (Wildman–Crippen LogP) is 5.11. The molecule has 1 saturated carbocycles. The first kappa shape index (κ1) is 24.2. The van der Waals surface area contributed by atoms with E-state index in [-0.39, 0.29) is 11.6 Å². The van der Waals surface area contributed by atoms with Crippen LogP contribution in [0.1, 0.15) is 72.5 Å². The molecule has 9 nitrogen and oxygen atoms in total. The predicted molar refractivity (Wildman–Crippen MR) is 143 cm³/mol. The Morgan fingerprint density at radius 1 is 1.11 bits per heavy atom. The highest BCUT2D eigenvalue weighted by molar-refractivity contribution is 5.79. The number of pyridine rings is 2. The molecule has 1 aliphatic carbocycles. The highest BCUT2D eigenvalue weighted by Gasteiger charge is 2.33. The molecule has 0 saturated heterocycles. The highest BCUT2D eigenvalue weighted by Crippen LogP contribution is 2.34. The van der Waals surface area contributed by atoms with Gasteiger partial charge in [0.2, 0.25) is 0 Å². The molecule has 1 fully saturated rings.